The molecule has 1 rings (SSSR count). The summed E-state index contributed by atoms with van der Waals surface area (Å²) in [4.78, 5) is 10.2. The number of hydrogen-bond donors (Lipinski definition) is 1. The lowest BCUT2D eigenvalue weighted by molar-refractivity contribution is 0.446. The van der Waals surface area contributed by atoms with E-state index < -0.39 is 15.4 Å². The number of sulfone groups is 1. The molecule has 0 amide bonds. The third-order valence-electron chi connectivity index (χ3n) is 1.92. The Morgan fingerprint density at radius 1 is 1.27 bits per heavy atom. The highest BCUT2D eigenvalue weighted by atomic mass is 32.2. The third-order valence-corrected chi connectivity index (χ3v) is 3.57. The minimum atomic E-state index is -2.92. The Bertz CT molecular complexity index is 243. The Morgan fingerprint density at radius 2 is 1.73 bits per heavy atom. The van der Waals surface area contributed by atoms with Crippen molar-refractivity contribution in [1.29, 1.82) is 0 Å². The van der Waals surface area contributed by atoms with Gasteiger partial charge in [0, 0.05) is 0 Å². The summed E-state index contributed by atoms with van der Waals surface area (Å²) in [7, 11) is -2.92. The Labute approximate surface area is 65.7 Å². The van der Waals surface area contributed by atoms with Gasteiger partial charge in [-0.05, 0) is 12.8 Å². The van der Waals surface area contributed by atoms with Crippen molar-refractivity contribution < 1.29 is 13.2 Å². The van der Waals surface area contributed by atoms with E-state index in [2.05, 4.69) is 0 Å². The van der Waals surface area contributed by atoms with Crippen LogP contribution in [0.25, 0.3) is 0 Å². The van der Waals surface area contributed by atoms with E-state index in [0.29, 0.717) is 0 Å². The molecular formula is C6H10NO3S. The minimum absolute atomic E-state index is 0.0126. The summed E-state index contributed by atoms with van der Waals surface area (Å²) in [6, 6.07) is 0. The SMILES string of the molecule is NC1([C]=O)CCS(=O)(=O)CC1. The fourth-order valence-electron chi connectivity index (χ4n) is 1.00. The zero-order chi connectivity index (χ0) is 8.54. The van der Waals surface area contributed by atoms with E-state index in [1.807, 2.05) is 0 Å². The van der Waals surface area contributed by atoms with Crippen LogP contribution in [0.15, 0.2) is 0 Å². The molecule has 1 heterocycles. The van der Waals surface area contributed by atoms with E-state index >= 15 is 0 Å². The molecule has 1 aliphatic heterocycles. The maximum Gasteiger partial charge on any atom is 0.220 e. The second-order valence-electron chi connectivity index (χ2n) is 2.91. The summed E-state index contributed by atoms with van der Waals surface area (Å²) < 4.78 is 21.7. The Kier molecular flexibility index (Phi) is 2.02. The largest absolute Gasteiger partial charge is 0.318 e. The molecule has 0 unspecified atom stereocenters. The van der Waals surface area contributed by atoms with Gasteiger partial charge in [0.05, 0.1) is 17.0 Å². The van der Waals surface area contributed by atoms with E-state index in [0.717, 1.165) is 0 Å². The highest BCUT2D eigenvalue weighted by Gasteiger charge is 2.34. The lowest BCUT2D eigenvalue weighted by atomic mass is 9.96. The Morgan fingerprint density at radius 3 is 2.09 bits per heavy atom. The van der Waals surface area contributed by atoms with Gasteiger partial charge in [-0.3, -0.25) is 4.79 Å². The topological polar surface area (TPSA) is 77.2 Å². The zero-order valence-corrected chi connectivity index (χ0v) is 6.86. The molecule has 0 aromatic carbocycles. The lowest BCUT2D eigenvalue weighted by Gasteiger charge is -2.26. The van der Waals surface area contributed by atoms with E-state index in [4.69, 9.17) is 5.73 Å². The van der Waals surface area contributed by atoms with Gasteiger partial charge in [-0.1, -0.05) is 0 Å². The maximum atomic E-state index is 10.9. The molecular weight excluding hydrogens is 166 g/mol. The van der Waals surface area contributed by atoms with Crippen molar-refractivity contribution in [1.82, 2.24) is 0 Å². The molecule has 0 aromatic heterocycles. The molecule has 11 heavy (non-hydrogen) atoms. The predicted molar refractivity (Wildman–Crippen MR) is 40.5 cm³/mol. The normalized spacial score (nSPS) is 27.7. The first-order valence-corrected chi connectivity index (χ1v) is 5.18. The van der Waals surface area contributed by atoms with Gasteiger partial charge in [0.2, 0.25) is 6.29 Å². The molecule has 1 saturated heterocycles. The van der Waals surface area contributed by atoms with Crippen molar-refractivity contribution in [2.24, 2.45) is 5.73 Å². The maximum absolute atomic E-state index is 10.9. The van der Waals surface area contributed by atoms with Crippen LogP contribution in [0.4, 0.5) is 0 Å². The van der Waals surface area contributed by atoms with Gasteiger partial charge in [0.25, 0.3) is 0 Å². The van der Waals surface area contributed by atoms with Gasteiger partial charge in [-0.25, -0.2) is 8.42 Å². The van der Waals surface area contributed by atoms with Crippen LogP contribution in [0.2, 0.25) is 0 Å². The molecule has 4 nitrogen and oxygen atoms in total. The second-order valence-corrected chi connectivity index (χ2v) is 5.21. The minimum Gasteiger partial charge on any atom is -0.318 e. The van der Waals surface area contributed by atoms with Crippen molar-refractivity contribution in [3.63, 3.8) is 0 Å². The summed E-state index contributed by atoms with van der Waals surface area (Å²) in [6.07, 6.45) is 2.10. The van der Waals surface area contributed by atoms with E-state index in [1.54, 1.807) is 6.29 Å². The quantitative estimate of drug-likeness (QED) is 0.556. The molecule has 0 bridgehead atoms. The highest BCUT2D eigenvalue weighted by Crippen LogP contribution is 2.18. The molecule has 5 heteroatoms. The smallest absolute Gasteiger partial charge is 0.220 e. The summed E-state index contributed by atoms with van der Waals surface area (Å²) >= 11 is 0. The molecule has 63 valence electrons. The molecule has 0 aliphatic carbocycles. The fourth-order valence-corrected chi connectivity index (χ4v) is 2.56. The number of rotatable bonds is 1. The summed E-state index contributed by atoms with van der Waals surface area (Å²) in [5, 5.41) is 0. The van der Waals surface area contributed by atoms with Gasteiger partial charge >= 0.3 is 0 Å². The third kappa shape index (κ3) is 2.00. The number of nitrogens with two attached hydrogens (primary N) is 1. The number of hydrogen-bond acceptors (Lipinski definition) is 4. The van der Waals surface area contributed by atoms with Crippen LogP contribution in [-0.4, -0.2) is 31.7 Å². The van der Waals surface area contributed by atoms with Gasteiger partial charge in [0.1, 0.15) is 9.84 Å². The van der Waals surface area contributed by atoms with Gasteiger partial charge in [-0.2, -0.15) is 0 Å². The van der Waals surface area contributed by atoms with Crippen molar-refractivity contribution in [2.75, 3.05) is 11.5 Å². The fraction of sp³-hybridized carbons (Fsp3) is 0.833. The zero-order valence-electron chi connectivity index (χ0n) is 6.04. The summed E-state index contributed by atoms with van der Waals surface area (Å²) in [5.74, 6) is 0.0253. The Hall–Kier alpha value is -0.420. The van der Waals surface area contributed by atoms with Crippen molar-refractivity contribution >= 4 is 16.1 Å². The molecule has 1 aliphatic rings. The van der Waals surface area contributed by atoms with Crippen LogP contribution in [0.5, 0.6) is 0 Å². The van der Waals surface area contributed by atoms with Crippen LogP contribution in [0, 0.1) is 0 Å². The highest BCUT2D eigenvalue weighted by molar-refractivity contribution is 7.91. The van der Waals surface area contributed by atoms with Crippen LogP contribution in [0.1, 0.15) is 12.8 Å². The van der Waals surface area contributed by atoms with Crippen LogP contribution < -0.4 is 5.73 Å². The molecule has 0 atom stereocenters. The molecule has 0 aromatic rings. The first kappa shape index (κ1) is 8.67. The number of carbonyl (C=O) groups excluding carboxylic acids is 1. The van der Waals surface area contributed by atoms with E-state index in [9.17, 15) is 13.2 Å². The molecule has 1 radical (unpaired) electrons. The predicted octanol–water partition coefficient (Wildman–Crippen LogP) is -0.998. The van der Waals surface area contributed by atoms with Crippen LogP contribution >= 0.6 is 0 Å². The molecule has 2 N–H and O–H groups in total. The van der Waals surface area contributed by atoms with E-state index in [1.165, 1.54) is 0 Å². The van der Waals surface area contributed by atoms with Crippen LogP contribution in [-0.2, 0) is 14.6 Å². The molecule has 0 spiro atoms. The second kappa shape index (κ2) is 2.57. The van der Waals surface area contributed by atoms with Crippen LogP contribution in [0.3, 0.4) is 0 Å². The van der Waals surface area contributed by atoms with Crippen molar-refractivity contribution in [3.8, 4) is 0 Å². The molecule has 0 saturated carbocycles. The summed E-state index contributed by atoms with van der Waals surface area (Å²) in [5.41, 5.74) is 4.48. The average molecular weight is 176 g/mol. The van der Waals surface area contributed by atoms with Gasteiger partial charge in [0.15, 0.2) is 0 Å². The first-order valence-electron chi connectivity index (χ1n) is 3.36. The Balaban J connectivity index is 2.69. The monoisotopic (exact) mass is 176 g/mol. The first-order chi connectivity index (χ1) is 4.97. The van der Waals surface area contributed by atoms with E-state index in [-0.39, 0.29) is 24.3 Å². The van der Waals surface area contributed by atoms with Crippen molar-refractivity contribution in [2.45, 2.75) is 18.4 Å². The van der Waals surface area contributed by atoms with Gasteiger partial charge < -0.3 is 5.73 Å². The molecule has 1 fully saturated rings. The van der Waals surface area contributed by atoms with Gasteiger partial charge in [-0.15, -0.1) is 0 Å². The standard InChI is InChI=1S/C6H10NO3S/c7-6(5-8)1-3-11(9,10)4-2-6/h1-4,7H2. The summed E-state index contributed by atoms with van der Waals surface area (Å²) in [6.45, 7) is 0. The lowest BCUT2D eigenvalue weighted by Crippen LogP contribution is -2.48. The van der Waals surface area contributed by atoms with Crippen molar-refractivity contribution in [3.05, 3.63) is 0 Å². The average Bonchev–Trinajstić information content (AvgIpc) is 1.97.